The largest absolute Gasteiger partial charge is 0.490 e. The fourth-order valence-corrected chi connectivity index (χ4v) is 3.24. The predicted molar refractivity (Wildman–Crippen MR) is 112 cm³/mol. The van der Waals surface area contributed by atoms with Gasteiger partial charge >= 0.3 is 6.18 Å². The number of fused-ring (bicyclic) bond motifs is 1. The third kappa shape index (κ3) is 6.87. The molecule has 1 unspecified atom stereocenters. The SMILES string of the molecule is CN=C(NCc1ccc2c(c1)OCCCO2)NC1CCN(CC(F)(F)F)C1.I. The Morgan fingerprint density at radius 1 is 1.25 bits per heavy atom. The Hall–Kier alpha value is -1.43. The number of nitrogens with zero attached hydrogens (tertiary/aromatic N) is 2. The summed E-state index contributed by atoms with van der Waals surface area (Å²) >= 11 is 0. The molecule has 0 aliphatic carbocycles. The summed E-state index contributed by atoms with van der Waals surface area (Å²) in [6.07, 6.45) is -2.65. The fraction of sp³-hybridized carbons (Fsp3) is 0.611. The first-order chi connectivity index (χ1) is 12.9. The third-order valence-corrected chi connectivity index (χ3v) is 4.51. The van der Waals surface area contributed by atoms with Crippen molar-refractivity contribution in [1.29, 1.82) is 0 Å². The van der Waals surface area contributed by atoms with Crippen molar-refractivity contribution in [2.45, 2.75) is 31.6 Å². The number of hydrogen-bond acceptors (Lipinski definition) is 4. The second kappa shape index (κ2) is 10.4. The molecule has 1 aromatic carbocycles. The van der Waals surface area contributed by atoms with Crippen LogP contribution in [0, 0.1) is 0 Å². The van der Waals surface area contributed by atoms with Crippen molar-refractivity contribution < 1.29 is 22.6 Å². The van der Waals surface area contributed by atoms with Crippen LogP contribution < -0.4 is 20.1 Å². The number of likely N-dealkylation sites (tertiary alicyclic amines) is 1. The normalized spacial score (nSPS) is 20.3. The smallest absolute Gasteiger partial charge is 0.401 e. The lowest BCUT2D eigenvalue weighted by atomic mass is 10.2. The van der Waals surface area contributed by atoms with E-state index in [-0.39, 0.29) is 30.0 Å². The van der Waals surface area contributed by atoms with Gasteiger partial charge in [-0.3, -0.25) is 9.89 Å². The summed E-state index contributed by atoms with van der Waals surface area (Å²) in [5, 5.41) is 6.40. The molecule has 158 valence electrons. The highest BCUT2D eigenvalue weighted by molar-refractivity contribution is 14.0. The molecule has 1 aromatic rings. The number of hydrogen-bond donors (Lipinski definition) is 2. The molecule has 2 N–H and O–H groups in total. The number of nitrogens with one attached hydrogen (secondary N) is 2. The zero-order valence-electron chi connectivity index (χ0n) is 15.7. The number of guanidine groups is 1. The van der Waals surface area contributed by atoms with E-state index >= 15 is 0 Å². The van der Waals surface area contributed by atoms with Gasteiger partial charge in [-0.25, -0.2) is 0 Å². The van der Waals surface area contributed by atoms with Crippen LogP contribution in [0.5, 0.6) is 11.5 Å². The van der Waals surface area contributed by atoms with E-state index in [2.05, 4.69) is 15.6 Å². The molecular formula is C18H26F3IN4O2. The molecule has 2 aliphatic rings. The average Bonchev–Trinajstić information content (AvgIpc) is 2.90. The summed E-state index contributed by atoms with van der Waals surface area (Å²) in [5.41, 5.74) is 1.01. The maximum Gasteiger partial charge on any atom is 0.401 e. The van der Waals surface area contributed by atoms with Gasteiger partial charge < -0.3 is 20.1 Å². The molecule has 1 saturated heterocycles. The van der Waals surface area contributed by atoms with Crippen molar-refractivity contribution >= 4 is 29.9 Å². The van der Waals surface area contributed by atoms with E-state index in [1.54, 1.807) is 7.05 Å². The van der Waals surface area contributed by atoms with Crippen molar-refractivity contribution in [3.63, 3.8) is 0 Å². The van der Waals surface area contributed by atoms with E-state index in [1.165, 1.54) is 4.90 Å². The van der Waals surface area contributed by atoms with Gasteiger partial charge in [0.25, 0.3) is 0 Å². The third-order valence-electron chi connectivity index (χ3n) is 4.51. The molecule has 2 heterocycles. The van der Waals surface area contributed by atoms with Gasteiger partial charge in [-0.1, -0.05) is 6.07 Å². The second-order valence-corrected chi connectivity index (χ2v) is 6.74. The first kappa shape index (κ1) is 22.9. The van der Waals surface area contributed by atoms with E-state index in [0.717, 1.165) is 23.5 Å². The lowest BCUT2D eigenvalue weighted by Crippen LogP contribution is -2.44. The number of alkyl halides is 3. The first-order valence-electron chi connectivity index (χ1n) is 9.08. The monoisotopic (exact) mass is 514 g/mol. The van der Waals surface area contributed by atoms with Gasteiger partial charge in [0, 0.05) is 39.1 Å². The Morgan fingerprint density at radius 3 is 2.71 bits per heavy atom. The quantitative estimate of drug-likeness (QED) is 0.368. The van der Waals surface area contributed by atoms with Crippen molar-refractivity contribution in [3.05, 3.63) is 23.8 Å². The number of rotatable bonds is 4. The lowest BCUT2D eigenvalue weighted by Gasteiger charge is -2.20. The molecule has 0 spiro atoms. The molecule has 3 rings (SSSR count). The molecule has 0 saturated carbocycles. The van der Waals surface area contributed by atoms with Crippen molar-refractivity contribution in [1.82, 2.24) is 15.5 Å². The molecule has 10 heteroatoms. The van der Waals surface area contributed by atoms with E-state index < -0.39 is 12.7 Å². The maximum absolute atomic E-state index is 12.5. The molecule has 0 radical (unpaired) electrons. The first-order valence-corrected chi connectivity index (χ1v) is 9.08. The van der Waals surface area contributed by atoms with Gasteiger partial charge in [-0.15, -0.1) is 24.0 Å². The average molecular weight is 514 g/mol. The maximum atomic E-state index is 12.5. The highest BCUT2D eigenvalue weighted by Crippen LogP contribution is 2.30. The van der Waals surface area contributed by atoms with E-state index in [4.69, 9.17) is 9.47 Å². The molecule has 1 fully saturated rings. The summed E-state index contributed by atoms with van der Waals surface area (Å²) in [6.45, 7) is 1.71. The Bertz CT molecular complexity index is 673. The van der Waals surface area contributed by atoms with Crippen LogP contribution in [0.25, 0.3) is 0 Å². The van der Waals surface area contributed by atoms with Crippen LogP contribution in [0.3, 0.4) is 0 Å². The van der Waals surface area contributed by atoms with Gasteiger partial charge in [-0.2, -0.15) is 13.2 Å². The molecule has 28 heavy (non-hydrogen) atoms. The lowest BCUT2D eigenvalue weighted by molar-refractivity contribution is -0.143. The minimum Gasteiger partial charge on any atom is -0.490 e. The van der Waals surface area contributed by atoms with Crippen molar-refractivity contribution in [3.8, 4) is 11.5 Å². The van der Waals surface area contributed by atoms with Crippen LogP contribution in [-0.4, -0.2) is 63.0 Å². The van der Waals surface area contributed by atoms with Crippen molar-refractivity contribution in [2.24, 2.45) is 4.99 Å². The Morgan fingerprint density at radius 2 is 2.00 bits per heavy atom. The summed E-state index contributed by atoms with van der Waals surface area (Å²) in [7, 11) is 1.64. The van der Waals surface area contributed by atoms with Crippen LogP contribution in [0.2, 0.25) is 0 Å². The van der Waals surface area contributed by atoms with E-state index in [9.17, 15) is 13.2 Å². The summed E-state index contributed by atoms with van der Waals surface area (Å²) in [4.78, 5) is 5.58. The summed E-state index contributed by atoms with van der Waals surface area (Å²) < 4.78 is 48.8. The molecule has 1 atom stereocenters. The van der Waals surface area contributed by atoms with Crippen LogP contribution in [0.1, 0.15) is 18.4 Å². The minimum atomic E-state index is -4.16. The Kier molecular flexibility index (Phi) is 8.47. The second-order valence-electron chi connectivity index (χ2n) is 6.74. The number of benzene rings is 1. The van der Waals surface area contributed by atoms with Gasteiger partial charge in [0.1, 0.15) is 0 Å². The molecule has 0 aromatic heterocycles. The van der Waals surface area contributed by atoms with Crippen molar-refractivity contribution in [2.75, 3.05) is 39.9 Å². The predicted octanol–water partition coefficient (Wildman–Crippen LogP) is 2.77. The highest BCUT2D eigenvalue weighted by Gasteiger charge is 2.34. The van der Waals surface area contributed by atoms with Crippen LogP contribution in [-0.2, 0) is 6.54 Å². The number of aliphatic imine (C=N–C) groups is 1. The molecule has 6 nitrogen and oxygen atoms in total. The standard InChI is InChI=1S/C18H25F3N4O2.HI/c1-22-17(24-14-5-6-25(11-14)12-18(19,20)21)23-10-13-3-4-15-16(9-13)27-8-2-7-26-15;/h3-4,9,14H,2,5-8,10-12H2,1H3,(H2,22,23,24);1H. The summed E-state index contributed by atoms with van der Waals surface area (Å²) in [5.74, 6) is 2.05. The zero-order chi connectivity index (χ0) is 19.3. The van der Waals surface area contributed by atoms with E-state index in [0.29, 0.717) is 45.2 Å². The summed E-state index contributed by atoms with van der Waals surface area (Å²) in [6, 6.07) is 5.72. The van der Waals surface area contributed by atoms with Gasteiger partial charge in [0.05, 0.1) is 19.8 Å². The minimum absolute atomic E-state index is 0. The fourth-order valence-electron chi connectivity index (χ4n) is 3.24. The molecule has 2 aliphatic heterocycles. The molecular weight excluding hydrogens is 488 g/mol. The molecule has 0 bridgehead atoms. The van der Waals surface area contributed by atoms with Gasteiger partial charge in [0.15, 0.2) is 17.5 Å². The van der Waals surface area contributed by atoms with Crippen LogP contribution >= 0.6 is 24.0 Å². The van der Waals surface area contributed by atoms with Gasteiger partial charge in [0.2, 0.25) is 0 Å². The number of ether oxygens (including phenoxy) is 2. The Balaban J connectivity index is 0.00000280. The zero-order valence-corrected chi connectivity index (χ0v) is 18.0. The van der Waals surface area contributed by atoms with Crippen LogP contribution in [0.4, 0.5) is 13.2 Å². The topological polar surface area (TPSA) is 58.1 Å². The Labute approximate surface area is 179 Å². The van der Waals surface area contributed by atoms with E-state index in [1.807, 2.05) is 18.2 Å². The van der Waals surface area contributed by atoms with Crippen LogP contribution in [0.15, 0.2) is 23.2 Å². The van der Waals surface area contributed by atoms with Gasteiger partial charge in [-0.05, 0) is 24.1 Å². The molecule has 0 amide bonds. The highest BCUT2D eigenvalue weighted by atomic mass is 127. The number of halogens is 4.